The third-order valence-corrected chi connectivity index (χ3v) is 4.29. The molecule has 13 heteroatoms. The predicted molar refractivity (Wildman–Crippen MR) is 129 cm³/mol. The van der Waals surface area contributed by atoms with Crippen LogP contribution >= 0.6 is 0 Å². The molecule has 38 heavy (non-hydrogen) atoms. The highest BCUT2D eigenvalue weighted by Gasteiger charge is 2.35. The van der Waals surface area contributed by atoms with Crippen molar-refractivity contribution in [1.82, 2.24) is 15.1 Å². The molecule has 2 rings (SSSR count). The molecule has 0 unspecified atom stereocenters. The average Bonchev–Trinajstić information content (AvgIpc) is 3.11. The van der Waals surface area contributed by atoms with Crippen molar-refractivity contribution >= 4 is 11.9 Å². The number of nitrogens with one attached hydrogen (secondary N) is 1. The minimum absolute atomic E-state index is 0.0860. The number of aryl methyl sites for hydroxylation is 1. The van der Waals surface area contributed by atoms with Crippen LogP contribution in [0.25, 0.3) is 0 Å². The molecule has 0 bridgehead atoms. The minimum atomic E-state index is -4.69. The summed E-state index contributed by atoms with van der Waals surface area (Å²) in [6.45, 7) is 2.41. The van der Waals surface area contributed by atoms with Crippen LogP contribution in [0.15, 0.2) is 60.2 Å². The van der Waals surface area contributed by atoms with E-state index in [0.717, 1.165) is 16.8 Å². The van der Waals surface area contributed by atoms with Crippen molar-refractivity contribution in [2.75, 3.05) is 6.54 Å². The molecule has 0 fully saturated rings. The smallest absolute Gasteiger partial charge is 0.394 e. The number of carbonyl (C=O) groups is 2. The fourth-order valence-electron chi connectivity index (χ4n) is 2.96. The number of rotatable bonds is 11. The number of hydrogen-bond acceptors (Lipinski definition) is 5. The van der Waals surface area contributed by atoms with Gasteiger partial charge in [-0.25, -0.2) is 9.48 Å². The number of aliphatic carboxylic acids is 1. The Morgan fingerprint density at radius 2 is 1.84 bits per heavy atom. The van der Waals surface area contributed by atoms with Gasteiger partial charge in [0.2, 0.25) is 5.88 Å². The van der Waals surface area contributed by atoms with Crippen molar-refractivity contribution < 1.29 is 46.1 Å². The number of ether oxygens (including phenoxy) is 2. The molecule has 1 heterocycles. The Morgan fingerprint density at radius 3 is 2.42 bits per heavy atom. The summed E-state index contributed by atoms with van der Waals surface area (Å²) in [5.74, 6) is -2.84. The van der Waals surface area contributed by atoms with Crippen LogP contribution in [0, 0.1) is 0 Å². The van der Waals surface area contributed by atoms with Gasteiger partial charge in [0.1, 0.15) is 17.1 Å². The zero-order valence-electron chi connectivity index (χ0n) is 21.1. The number of carboxylic acids is 1. The molecule has 0 aliphatic carbocycles. The second-order valence-electron chi connectivity index (χ2n) is 7.12. The molecule has 8 nitrogen and oxygen atoms in total. The fraction of sp³-hybridized carbons (Fsp3) is 0.320. The van der Waals surface area contributed by atoms with Crippen LogP contribution in [-0.4, -0.2) is 46.1 Å². The zero-order valence-corrected chi connectivity index (χ0v) is 21.1. The highest BCUT2D eigenvalue weighted by molar-refractivity contribution is 5.98. The third-order valence-electron chi connectivity index (χ3n) is 4.29. The highest BCUT2D eigenvalue weighted by atomic mass is 19.4. The van der Waals surface area contributed by atoms with Crippen LogP contribution in [0.1, 0.15) is 36.8 Å². The first-order valence-corrected chi connectivity index (χ1v) is 11.3. The van der Waals surface area contributed by atoms with Crippen molar-refractivity contribution in [3.05, 3.63) is 71.5 Å². The van der Waals surface area contributed by atoms with Crippen LogP contribution in [0.4, 0.5) is 22.0 Å². The lowest BCUT2D eigenvalue weighted by atomic mass is 10.1. The molecule has 1 aromatic heterocycles. The summed E-state index contributed by atoms with van der Waals surface area (Å²) in [5.41, 5.74) is -0.667. The van der Waals surface area contributed by atoms with E-state index < -0.39 is 42.3 Å². The van der Waals surface area contributed by atoms with Crippen LogP contribution < -0.4 is 14.8 Å². The maximum atomic E-state index is 13.2. The van der Waals surface area contributed by atoms with Gasteiger partial charge in [-0.15, -0.1) is 0 Å². The molecular weight excluding hydrogens is 517 g/mol. The first-order chi connectivity index (χ1) is 17.9. The Bertz CT molecular complexity index is 1170. The van der Waals surface area contributed by atoms with Crippen LogP contribution in [0.5, 0.6) is 17.4 Å². The fourth-order valence-corrected chi connectivity index (χ4v) is 2.96. The molecule has 0 aliphatic heterocycles. The van der Waals surface area contributed by atoms with Crippen molar-refractivity contribution in [3.63, 3.8) is 0 Å². The molecule has 0 saturated carbocycles. The van der Waals surface area contributed by atoms with E-state index in [-0.39, 0.29) is 23.9 Å². The van der Waals surface area contributed by atoms with Crippen LogP contribution in [0.3, 0.4) is 0 Å². The van der Waals surface area contributed by atoms with Gasteiger partial charge in [-0.2, -0.15) is 27.1 Å². The number of carboxylic acid groups (broad SMARTS) is 1. The summed E-state index contributed by atoms with van der Waals surface area (Å²) in [6, 6.07) is 4.95. The van der Waals surface area contributed by atoms with E-state index in [0.29, 0.717) is 5.57 Å². The molecule has 208 valence electrons. The molecule has 1 aromatic carbocycles. The van der Waals surface area contributed by atoms with E-state index in [9.17, 15) is 31.5 Å². The van der Waals surface area contributed by atoms with E-state index in [1.165, 1.54) is 37.4 Å². The summed E-state index contributed by atoms with van der Waals surface area (Å²) in [7, 11) is 1.26. The largest absolute Gasteiger partial charge is 0.478 e. The number of carbonyl (C=O) groups excluding carboxylic acids is 1. The van der Waals surface area contributed by atoms with Crippen LogP contribution in [-0.2, 0) is 18.3 Å². The van der Waals surface area contributed by atoms with Gasteiger partial charge in [0.15, 0.2) is 0 Å². The Balaban J connectivity index is 0.00000352. The molecular formula is C25H28F5N3O5. The number of hydrogen-bond donors (Lipinski definition) is 2. The second-order valence-corrected chi connectivity index (χ2v) is 7.12. The Hall–Kier alpha value is -4.16. The maximum Gasteiger partial charge on any atom is 0.394 e. The Kier molecular flexibility index (Phi) is 12.7. The van der Waals surface area contributed by atoms with Gasteiger partial charge in [0.25, 0.3) is 5.91 Å². The van der Waals surface area contributed by atoms with E-state index in [1.807, 2.05) is 13.8 Å². The molecule has 0 spiro atoms. The zero-order chi connectivity index (χ0) is 28.9. The molecule has 0 atom stereocenters. The number of nitrogens with zero attached hydrogens (tertiary/aromatic N) is 2. The summed E-state index contributed by atoms with van der Waals surface area (Å²) >= 11 is 0. The standard InChI is InChI=1S/C23H22F5N3O5.C2H6/c1-3-6-14(7-4-10-18(32)33)13-29-20(34)19-17(12-23(26,27)28)30-31(2)21(19)35-15-8-5-9-16(11-15)36-22(24)25;1-2/h3-11,22H,12-13H2,1-2H3,(H,29,34)(H,32,33);1-2H3/b6-3-,10-4+,14-7+;. The lowest BCUT2D eigenvalue weighted by Crippen LogP contribution is -2.27. The summed E-state index contributed by atoms with van der Waals surface area (Å²) in [6.07, 6.45) is 0.467. The number of benzene rings is 1. The van der Waals surface area contributed by atoms with Crippen molar-refractivity contribution in [1.29, 1.82) is 0 Å². The third kappa shape index (κ3) is 10.8. The summed E-state index contributed by atoms with van der Waals surface area (Å²) in [4.78, 5) is 23.6. The van der Waals surface area contributed by atoms with Crippen molar-refractivity contribution in [2.45, 2.75) is 40.0 Å². The van der Waals surface area contributed by atoms with E-state index in [1.54, 1.807) is 19.1 Å². The molecule has 2 N–H and O–H groups in total. The predicted octanol–water partition coefficient (Wildman–Crippen LogP) is 5.82. The lowest BCUT2D eigenvalue weighted by Gasteiger charge is -2.12. The van der Waals surface area contributed by atoms with Gasteiger partial charge in [-0.3, -0.25) is 4.79 Å². The quantitative estimate of drug-likeness (QED) is 0.210. The first-order valence-electron chi connectivity index (χ1n) is 11.3. The molecule has 0 radical (unpaired) electrons. The number of halogens is 5. The number of allylic oxidation sites excluding steroid dienone is 3. The topological polar surface area (TPSA) is 103 Å². The van der Waals surface area contributed by atoms with Crippen molar-refractivity contribution in [2.24, 2.45) is 7.05 Å². The second kappa shape index (κ2) is 15.2. The maximum absolute atomic E-state index is 13.2. The summed E-state index contributed by atoms with van der Waals surface area (Å²) < 4.78 is 75.3. The molecule has 1 amide bonds. The minimum Gasteiger partial charge on any atom is -0.478 e. The lowest BCUT2D eigenvalue weighted by molar-refractivity contribution is -0.131. The number of amides is 1. The number of alkyl halides is 5. The average molecular weight is 546 g/mol. The normalized spacial score (nSPS) is 12.0. The summed E-state index contributed by atoms with van der Waals surface area (Å²) in [5, 5.41) is 14.9. The van der Waals surface area contributed by atoms with E-state index in [4.69, 9.17) is 9.84 Å². The van der Waals surface area contributed by atoms with Crippen molar-refractivity contribution in [3.8, 4) is 17.4 Å². The van der Waals surface area contributed by atoms with E-state index >= 15 is 0 Å². The van der Waals surface area contributed by atoms with E-state index in [2.05, 4.69) is 15.2 Å². The van der Waals surface area contributed by atoms with Gasteiger partial charge in [-0.1, -0.05) is 44.2 Å². The molecule has 0 saturated heterocycles. The SMILES string of the molecule is CC.C\C=C/C(=C\C=C\C(=O)O)CNC(=O)c1c(CC(F)(F)F)nn(C)c1Oc1cccc(OC(F)F)c1. The van der Waals surface area contributed by atoms with Gasteiger partial charge in [0, 0.05) is 25.7 Å². The Labute approximate surface area is 216 Å². The van der Waals surface area contributed by atoms with Gasteiger partial charge >= 0.3 is 18.8 Å². The van der Waals surface area contributed by atoms with Crippen LogP contribution in [0.2, 0.25) is 0 Å². The molecule has 2 aromatic rings. The van der Waals surface area contributed by atoms with Gasteiger partial charge in [0.05, 0.1) is 12.1 Å². The number of aromatic nitrogens is 2. The first kappa shape index (κ1) is 31.9. The highest BCUT2D eigenvalue weighted by Crippen LogP contribution is 2.32. The monoisotopic (exact) mass is 545 g/mol. The Morgan fingerprint density at radius 1 is 1.18 bits per heavy atom. The molecule has 0 aliphatic rings. The van der Waals surface area contributed by atoms with Gasteiger partial charge in [-0.05, 0) is 24.6 Å². The van der Waals surface area contributed by atoms with Gasteiger partial charge < -0.3 is 19.9 Å².